The number of rotatable bonds is 11. The molecule has 8 nitrogen and oxygen atoms in total. The van der Waals surface area contributed by atoms with E-state index in [0.717, 1.165) is 41.2 Å². The van der Waals surface area contributed by atoms with Crippen LogP contribution in [-0.4, -0.2) is 59.2 Å². The van der Waals surface area contributed by atoms with Crippen LogP contribution < -0.4 is 0 Å². The summed E-state index contributed by atoms with van der Waals surface area (Å²) < 4.78 is 35.6. The Morgan fingerprint density at radius 1 is 1.22 bits per heavy atom. The molecule has 0 spiro atoms. The van der Waals surface area contributed by atoms with E-state index in [1.807, 2.05) is 44.2 Å². The highest BCUT2D eigenvalue weighted by Gasteiger charge is 2.25. The van der Waals surface area contributed by atoms with Crippen LogP contribution in [0.2, 0.25) is 0 Å². The molecule has 0 aliphatic carbocycles. The zero-order valence-electron chi connectivity index (χ0n) is 20.9. The molecule has 0 saturated carbocycles. The fraction of sp³-hybridized carbons (Fsp3) is 0.462. The Kier molecular flexibility index (Phi) is 8.39. The van der Waals surface area contributed by atoms with Gasteiger partial charge < -0.3 is 14.4 Å². The molecule has 0 amide bonds. The van der Waals surface area contributed by atoms with Gasteiger partial charge in [0.15, 0.2) is 5.16 Å². The molecule has 2 aromatic carbocycles. The van der Waals surface area contributed by atoms with E-state index in [9.17, 15) is 18.3 Å². The topological polar surface area (TPSA) is 102 Å². The van der Waals surface area contributed by atoms with Gasteiger partial charge in [0.05, 0.1) is 34.5 Å². The molecule has 1 N–H and O–H groups in total. The normalized spacial score (nSPS) is 17.2. The van der Waals surface area contributed by atoms with Gasteiger partial charge in [0.25, 0.3) is 0 Å². The maximum absolute atomic E-state index is 13.1. The molecule has 3 aromatic rings. The number of nitrogens with zero attached hydrogens (tertiary/aromatic N) is 3. The summed E-state index contributed by atoms with van der Waals surface area (Å²) in [4.78, 5) is 16.3. The molecular formula is C26H33N3O5S2. The van der Waals surface area contributed by atoms with Gasteiger partial charge >= 0.3 is 5.97 Å². The molecule has 2 heterocycles. The lowest BCUT2D eigenvalue weighted by atomic mass is 10.0. The highest BCUT2D eigenvalue weighted by atomic mass is 32.2. The number of fused-ring (bicyclic) bond motifs is 1. The predicted molar refractivity (Wildman–Crippen MR) is 141 cm³/mol. The second-order valence-corrected chi connectivity index (χ2v) is 11.9. The van der Waals surface area contributed by atoms with Crippen LogP contribution in [0.25, 0.3) is 11.0 Å². The third kappa shape index (κ3) is 5.61. The fourth-order valence-corrected chi connectivity index (χ4v) is 6.89. The van der Waals surface area contributed by atoms with Crippen molar-refractivity contribution in [1.82, 2.24) is 13.9 Å². The Balaban J connectivity index is 1.63. The summed E-state index contributed by atoms with van der Waals surface area (Å²) in [6, 6.07) is 12.8. The maximum Gasteiger partial charge on any atom is 0.310 e. The lowest BCUT2D eigenvalue weighted by molar-refractivity contribution is -0.138. The Morgan fingerprint density at radius 3 is 2.56 bits per heavy atom. The molecule has 1 fully saturated rings. The molecule has 0 radical (unpaired) electrons. The van der Waals surface area contributed by atoms with Crippen molar-refractivity contribution in [2.24, 2.45) is 0 Å². The van der Waals surface area contributed by atoms with Crippen LogP contribution in [0.3, 0.4) is 0 Å². The van der Waals surface area contributed by atoms with E-state index in [-0.39, 0.29) is 11.0 Å². The summed E-state index contributed by atoms with van der Waals surface area (Å²) in [6.45, 7) is 7.58. The molecule has 1 aliphatic rings. The Morgan fingerprint density at radius 2 is 1.94 bits per heavy atom. The van der Waals surface area contributed by atoms with Crippen LogP contribution in [0.1, 0.15) is 50.7 Å². The lowest BCUT2D eigenvalue weighted by Gasteiger charge is -2.18. The summed E-state index contributed by atoms with van der Waals surface area (Å²) in [5.74, 6) is -0.743. The van der Waals surface area contributed by atoms with Crippen molar-refractivity contribution < 1.29 is 23.1 Å². The molecule has 2 atom stereocenters. The van der Waals surface area contributed by atoms with E-state index in [2.05, 4.69) is 4.57 Å². The number of hydrogen-bond acceptors (Lipinski definition) is 6. The number of ether oxygens (including phenoxy) is 1. The number of thioether (sulfide) groups is 1. The van der Waals surface area contributed by atoms with Crippen molar-refractivity contribution in [1.29, 1.82) is 0 Å². The molecular weight excluding hydrogens is 498 g/mol. The number of sulfonamides is 1. The number of imidazole rings is 1. The van der Waals surface area contributed by atoms with Crippen LogP contribution in [0.5, 0.6) is 0 Å². The number of hydrogen-bond donors (Lipinski definition) is 1. The minimum absolute atomic E-state index is 0.109. The number of aliphatic carboxylic acids is 1. The van der Waals surface area contributed by atoms with Crippen LogP contribution >= 0.6 is 11.8 Å². The zero-order valence-corrected chi connectivity index (χ0v) is 22.5. The summed E-state index contributed by atoms with van der Waals surface area (Å²) >= 11 is 1.58. The van der Waals surface area contributed by atoms with E-state index < -0.39 is 21.9 Å². The first-order valence-corrected chi connectivity index (χ1v) is 14.7. The van der Waals surface area contributed by atoms with E-state index >= 15 is 0 Å². The largest absolute Gasteiger partial charge is 0.481 e. The van der Waals surface area contributed by atoms with Gasteiger partial charge in [0.2, 0.25) is 10.0 Å². The summed E-state index contributed by atoms with van der Waals surface area (Å²) in [6.07, 6.45) is 2.13. The van der Waals surface area contributed by atoms with Gasteiger partial charge in [-0.15, -0.1) is 0 Å². The molecule has 1 aromatic heterocycles. The number of carbonyl (C=O) groups is 1. The highest BCUT2D eigenvalue weighted by Crippen LogP contribution is 2.31. The molecule has 1 aliphatic heterocycles. The van der Waals surface area contributed by atoms with Crippen molar-refractivity contribution in [3.05, 3.63) is 53.6 Å². The summed E-state index contributed by atoms with van der Waals surface area (Å²) in [5, 5.41) is 10.0. The second-order valence-electron chi connectivity index (χ2n) is 8.97. The van der Waals surface area contributed by atoms with E-state index in [0.29, 0.717) is 30.9 Å². The van der Waals surface area contributed by atoms with Crippen LogP contribution in [-0.2, 0) is 31.9 Å². The van der Waals surface area contributed by atoms with Crippen molar-refractivity contribution in [3.63, 3.8) is 0 Å². The second kappa shape index (κ2) is 11.3. The van der Waals surface area contributed by atoms with Crippen LogP contribution in [0.4, 0.5) is 0 Å². The number of aromatic nitrogens is 2. The maximum atomic E-state index is 13.1. The quantitative estimate of drug-likeness (QED) is 0.357. The third-order valence-electron chi connectivity index (χ3n) is 6.66. The van der Waals surface area contributed by atoms with Gasteiger partial charge in [-0.1, -0.05) is 49.9 Å². The lowest BCUT2D eigenvalue weighted by Crippen LogP contribution is -2.30. The monoisotopic (exact) mass is 531 g/mol. The average Bonchev–Trinajstić information content (AvgIpc) is 3.51. The minimum Gasteiger partial charge on any atom is -0.481 e. The SMILES string of the molecule is CCN(CC)S(=O)(=O)c1ccc2c(c1)nc(SCc1ccc([C@H](C)C(=O)O)cc1)n2C[C@@H]1CCCO1. The Hall–Kier alpha value is -2.40. The molecule has 10 heteroatoms. The van der Waals surface area contributed by atoms with E-state index in [1.165, 1.54) is 4.31 Å². The van der Waals surface area contributed by atoms with Crippen molar-refractivity contribution in [3.8, 4) is 0 Å². The van der Waals surface area contributed by atoms with Crippen LogP contribution in [0.15, 0.2) is 52.5 Å². The first-order valence-electron chi connectivity index (χ1n) is 12.3. The van der Waals surface area contributed by atoms with Gasteiger partial charge in [-0.05, 0) is 49.1 Å². The number of benzene rings is 2. The van der Waals surface area contributed by atoms with Gasteiger partial charge in [0.1, 0.15) is 0 Å². The molecule has 194 valence electrons. The van der Waals surface area contributed by atoms with Crippen molar-refractivity contribution in [2.45, 2.75) is 68.0 Å². The van der Waals surface area contributed by atoms with Crippen molar-refractivity contribution in [2.75, 3.05) is 19.7 Å². The first-order chi connectivity index (χ1) is 17.2. The number of carboxylic acid groups (broad SMARTS) is 1. The Labute approximate surface area is 216 Å². The molecule has 1 saturated heterocycles. The summed E-state index contributed by atoms with van der Waals surface area (Å²) in [5.41, 5.74) is 3.36. The smallest absolute Gasteiger partial charge is 0.310 e. The van der Waals surface area contributed by atoms with Gasteiger partial charge in [-0.25, -0.2) is 13.4 Å². The van der Waals surface area contributed by atoms with Crippen LogP contribution in [0, 0.1) is 0 Å². The Bertz CT molecular complexity index is 1310. The predicted octanol–water partition coefficient (Wildman–Crippen LogP) is 4.73. The zero-order chi connectivity index (χ0) is 25.9. The third-order valence-corrected chi connectivity index (χ3v) is 9.75. The van der Waals surface area contributed by atoms with Crippen molar-refractivity contribution >= 4 is 38.8 Å². The molecule has 0 unspecified atom stereocenters. The van der Waals surface area contributed by atoms with Gasteiger partial charge in [0, 0.05) is 25.4 Å². The molecule has 4 rings (SSSR count). The van der Waals surface area contributed by atoms with Gasteiger partial charge in [-0.3, -0.25) is 4.79 Å². The molecule has 0 bridgehead atoms. The van der Waals surface area contributed by atoms with E-state index in [1.54, 1.807) is 30.8 Å². The van der Waals surface area contributed by atoms with E-state index in [4.69, 9.17) is 9.72 Å². The fourth-order valence-electron chi connectivity index (χ4n) is 4.43. The molecule has 36 heavy (non-hydrogen) atoms. The number of carboxylic acids is 1. The minimum atomic E-state index is -3.58. The highest BCUT2D eigenvalue weighted by molar-refractivity contribution is 7.98. The van der Waals surface area contributed by atoms with Gasteiger partial charge in [-0.2, -0.15) is 4.31 Å². The standard InChI is InChI=1S/C26H33N3O5S2/c1-4-28(5-2)36(32,33)22-12-13-24-23(15-22)27-26(29(24)16-21-7-6-14-34-21)35-17-19-8-10-20(11-9-19)18(3)25(30)31/h8-13,15,18,21H,4-7,14,16-17H2,1-3H3,(H,30,31)/t18-,21-/m0/s1. The average molecular weight is 532 g/mol. The first kappa shape index (κ1) is 26.7. The summed E-state index contributed by atoms with van der Waals surface area (Å²) in [7, 11) is -3.58.